The number of likely N-dealkylation sites (tertiary alicyclic amines) is 1. The molecule has 1 heterocycles. The Bertz CT molecular complexity index is 494. The van der Waals surface area contributed by atoms with Crippen molar-refractivity contribution >= 4 is 11.9 Å². The van der Waals surface area contributed by atoms with Crippen LogP contribution >= 0.6 is 0 Å². The second-order valence-electron chi connectivity index (χ2n) is 4.97. The van der Waals surface area contributed by atoms with Gasteiger partial charge in [0.2, 0.25) is 0 Å². The Kier molecular flexibility index (Phi) is 4.61. The number of benzene rings is 1. The van der Waals surface area contributed by atoms with E-state index in [1.807, 2.05) is 0 Å². The van der Waals surface area contributed by atoms with Crippen molar-refractivity contribution < 1.29 is 19.4 Å². The van der Waals surface area contributed by atoms with Crippen LogP contribution in [-0.2, 0) is 16.0 Å². The van der Waals surface area contributed by atoms with Crippen molar-refractivity contribution in [3.05, 3.63) is 29.8 Å². The van der Waals surface area contributed by atoms with E-state index in [1.54, 1.807) is 36.1 Å². The number of aliphatic carboxylic acids is 1. The highest BCUT2D eigenvalue weighted by atomic mass is 16.5. The minimum atomic E-state index is -0.917. The van der Waals surface area contributed by atoms with Gasteiger partial charge in [-0.2, -0.15) is 0 Å². The molecule has 0 spiro atoms. The summed E-state index contributed by atoms with van der Waals surface area (Å²) < 4.78 is 5.67. The molecule has 1 aromatic carbocycles. The highest BCUT2D eigenvalue weighted by molar-refractivity contribution is 5.81. The molecule has 20 heavy (non-hydrogen) atoms. The van der Waals surface area contributed by atoms with E-state index in [1.165, 1.54) is 0 Å². The smallest absolute Gasteiger partial charge is 0.307 e. The summed E-state index contributed by atoms with van der Waals surface area (Å²) in [5.41, 5.74) is 0.584. The van der Waals surface area contributed by atoms with Crippen molar-refractivity contribution in [2.24, 2.45) is 0 Å². The molecule has 1 saturated heterocycles. The van der Waals surface area contributed by atoms with Gasteiger partial charge in [-0.3, -0.25) is 9.59 Å². The van der Waals surface area contributed by atoms with Crippen LogP contribution in [0.25, 0.3) is 0 Å². The highest BCUT2D eigenvalue weighted by Crippen LogP contribution is 2.21. The number of para-hydroxylation sites is 1. The van der Waals surface area contributed by atoms with Gasteiger partial charge in [0.15, 0.2) is 6.10 Å². The Balaban J connectivity index is 2.05. The van der Waals surface area contributed by atoms with E-state index < -0.39 is 12.1 Å². The van der Waals surface area contributed by atoms with Crippen LogP contribution in [0.4, 0.5) is 0 Å². The lowest BCUT2D eigenvalue weighted by molar-refractivity contribution is -0.136. The second kappa shape index (κ2) is 6.41. The van der Waals surface area contributed by atoms with E-state index in [0.717, 1.165) is 25.9 Å². The first-order valence-corrected chi connectivity index (χ1v) is 6.83. The molecule has 1 aromatic rings. The molecular weight excluding hydrogens is 258 g/mol. The molecule has 1 amide bonds. The summed E-state index contributed by atoms with van der Waals surface area (Å²) in [6.45, 7) is 3.27. The Morgan fingerprint density at radius 3 is 2.60 bits per heavy atom. The Hall–Kier alpha value is -2.04. The molecule has 2 rings (SSSR count). The first-order chi connectivity index (χ1) is 9.58. The largest absolute Gasteiger partial charge is 0.481 e. The maximum absolute atomic E-state index is 12.2. The van der Waals surface area contributed by atoms with Crippen molar-refractivity contribution in [1.82, 2.24) is 4.90 Å². The second-order valence-corrected chi connectivity index (χ2v) is 4.97. The number of nitrogens with zero attached hydrogens (tertiary/aromatic N) is 1. The van der Waals surface area contributed by atoms with E-state index in [0.29, 0.717) is 11.3 Å². The average molecular weight is 277 g/mol. The number of carbonyl (C=O) groups excluding carboxylic acids is 1. The predicted octanol–water partition coefficient (Wildman–Crippen LogP) is 1.70. The number of carboxylic acid groups (broad SMARTS) is 1. The molecule has 0 aliphatic carbocycles. The van der Waals surface area contributed by atoms with Crippen LogP contribution in [0.1, 0.15) is 25.3 Å². The Morgan fingerprint density at radius 2 is 1.95 bits per heavy atom. The molecule has 1 unspecified atom stereocenters. The van der Waals surface area contributed by atoms with Crippen LogP contribution in [0.15, 0.2) is 24.3 Å². The summed E-state index contributed by atoms with van der Waals surface area (Å²) in [4.78, 5) is 24.8. The van der Waals surface area contributed by atoms with Crippen molar-refractivity contribution in [2.45, 2.75) is 32.3 Å². The summed E-state index contributed by atoms with van der Waals surface area (Å²) in [5, 5.41) is 8.88. The molecule has 5 nitrogen and oxygen atoms in total. The van der Waals surface area contributed by atoms with Crippen LogP contribution in [0, 0.1) is 0 Å². The molecule has 108 valence electrons. The molecule has 0 aromatic heterocycles. The molecule has 1 atom stereocenters. The van der Waals surface area contributed by atoms with Gasteiger partial charge < -0.3 is 14.7 Å². The lowest BCUT2D eigenvalue weighted by atomic mass is 10.1. The Labute approximate surface area is 118 Å². The number of hydrogen-bond acceptors (Lipinski definition) is 3. The van der Waals surface area contributed by atoms with Gasteiger partial charge in [-0.05, 0) is 25.8 Å². The third kappa shape index (κ3) is 3.50. The monoisotopic (exact) mass is 277 g/mol. The van der Waals surface area contributed by atoms with Gasteiger partial charge in [-0.1, -0.05) is 18.2 Å². The zero-order chi connectivity index (χ0) is 14.5. The predicted molar refractivity (Wildman–Crippen MR) is 73.7 cm³/mol. The van der Waals surface area contributed by atoms with E-state index >= 15 is 0 Å². The van der Waals surface area contributed by atoms with Crippen molar-refractivity contribution in [1.29, 1.82) is 0 Å². The SMILES string of the molecule is CC(Oc1ccccc1CC(=O)O)C(=O)N1CCCC1. The number of amides is 1. The van der Waals surface area contributed by atoms with Crippen molar-refractivity contribution in [2.75, 3.05) is 13.1 Å². The fourth-order valence-corrected chi connectivity index (χ4v) is 2.36. The maximum Gasteiger partial charge on any atom is 0.307 e. The number of hydrogen-bond donors (Lipinski definition) is 1. The summed E-state index contributed by atoms with van der Waals surface area (Å²) >= 11 is 0. The first kappa shape index (κ1) is 14.4. The third-order valence-electron chi connectivity index (χ3n) is 3.38. The van der Waals surface area contributed by atoms with Gasteiger partial charge in [0, 0.05) is 18.7 Å². The molecule has 1 aliphatic heterocycles. The minimum Gasteiger partial charge on any atom is -0.481 e. The molecule has 0 saturated carbocycles. The normalized spacial score (nSPS) is 15.9. The summed E-state index contributed by atoms with van der Waals surface area (Å²) in [6, 6.07) is 6.94. The molecule has 1 fully saturated rings. The van der Waals surface area contributed by atoms with Crippen molar-refractivity contribution in [3.63, 3.8) is 0 Å². The number of rotatable bonds is 5. The van der Waals surface area contributed by atoms with Crippen LogP contribution in [0.3, 0.4) is 0 Å². The zero-order valence-corrected chi connectivity index (χ0v) is 11.5. The van der Waals surface area contributed by atoms with Crippen molar-refractivity contribution in [3.8, 4) is 5.75 Å². The van der Waals surface area contributed by atoms with Gasteiger partial charge in [-0.25, -0.2) is 0 Å². The van der Waals surface area contributed by atoms with Gasteiger partial charge >= 0.3 is 5.97 Å². The number of ether oxygens (including phenoxy) is 1. The lowest BCUT2D eigenvalue weighted by Gasteiger charge is -2.22. The number of carboxylic acids is 1. The average Bonchev–Trinajstić information content (AvgIpc) is 2.93. The zero-order valence-electron chi connectivity index (χ0n) is 11.5. The van der Waals surface area contributed by atoms with Gasteiger partial charge in [0.25, 0.3) is 5.91 Å². The topological polar surface area (TPSA) is 66.8 Å². The Morgan fingerprint density at radius 1 is 1.30 bits per heavy atom. The van der Waals surface area contributed by atoms with Gasteiger partial charge in [-0.15, -0.1) is 0 Å². The lowest BCUT2D eigenvalue weighted by Crippen LogP contribution is -2.38. The highest BCUT2D eigenvalue weighted by Gasteiger charge is 2.25. The molecule has 0 radical (unpaired) electrons. The van der Waals surface area contributed by atoms with E-state index in [-0.39, 0.29) is 12.3 Å². The van der Waals surface area contributed by atoms with Gasteiger partial charge in [0.1, 0.15) is 5.75 Å². The summed E-state index contributed by atoms with van der Waals surface area (Å²) in [7, 11) is 0. The fraction of sp³-hybridized carbons (Fsp3) is 0.467. The van der Waals surface area contributed by atoms with Crippen LogP contribution in [-0.4, -0.2) is 41.1 Å². The maximum atomic E-state index is 12.2. The molecule has 1 aliphatic rings. The molecule has 1 N–H and O–H groups in total. The van der Waals surface area contributed by atoms with Crippen LogP contribution < -0.4 is 4.74 Å². The van der Waals surface area contributed by atoms with E-state index in [2.05, 4.69) is 0 Å². The first-order valence-electron chi connectivity index (χ1n) is 6.83. The van der Waals surface area contributed by atoms with Crippen LogP contribution in [0.2, 0.25) is 0 Å². The van der Waals surface area contributed by atoms with Crippen LogP contribution in [0.5, 0.6) is 5.75 Å². The minimum absolute atomic E-state index is 0.0346. The van der Waals surface area contributed by atoms with E-state index in [4.69, 9.17) is 9.84 Å². The molecular formula is C15H19NO4. The number of carbonyl (C=O) groups is 2. The van der Waals surface area contributed by atoms with Gasteiger partial charge in [0.05, 0.1) is 6.42 Å². The summed E-state index contributed by atoms with van der Waals surface area (Å²) in [6.07, 6.45) is 1.37. The van der Waals surface area contributed by atoms with E-state index in [9.17, 15) is 9.59 Å². The quantitative estimate of drug-likeness (QED) is 0.889. The standard InChI is InChI=1S/C15H19NO4/c1-11(15(19)16-8-4-5-9-16)20-13-7-3-2-6-12(13)10-14(17)18/h2-3,6-7,11H,4-5,8-10H2,1H3,(H,17,18). The third-order valence-corrected chi connectivity index (χ3v) is 3.38. The summed E-state index contributed by atoms with van der Waals surface area (Å²) in [5.74, 6) is -0.484. The molecule has 5 heteroatoms. The fourth-order valence-electron chi connectivity index (χ4n) is 2.36. The molecule has 0 bridgehead atoms.